The molecule has 0 spiro atoms. The minimum Gasteiger partial charge on any atom is -0.480 e. The Balaban J connectivity index is -0.0000000702. The third-order valence-corrected chi connectivity index (χ3v) is 1.56. The zero-order chi connectivity index (χ0) is 20.6. The van der Waals surface area contributed by atoms with Crippen LogP contribution in [-0.2, 0) is 45.4 Å². The fourth-order valence-electron chi connectivity index (χ4n) is 0. The SMILES string of the molecule is C[C@H](N)C(=O)O.C[C@H](N)C(=O)O.C[C@H](N)C(=O)O.C[C@H](N)C(=O)O.[Zr]. The van der Waals surface area contributed by atoms with E-state index in [0.717, 1.165) is 0 Å². The van der Waals surface area contributed by atoms with Crippen molar-refractivity contribution in [3.63, 3.8) is 0 Å². The maximum absolute atomic E-state index is 9.57. The Labute approximate surface area is 164 Å². The third kappa shape index (κ3) is 45.0. The van der Waals surface area contributed by atoms with Gasteiger partial charge in [0.1, 0.15) is 24.2 Å². The van der Waals surface area contributed by atoms with E-state index >= 15 is 0 Å². The molecule has 0 aliphatic heterocycles. The van der Waals surface area contributed by atoms with Crippen LogP contribution in [0.4, 0.5) is 0 Å². The maximum atomic E-state index is 9.57. The van der Waals surface area contributed by atoms with Gasteiger partial charge in [0, 0.05) is 26.2 Å². The second-order valence-electron chi connectivity index (χ2n) is 4.51. The molecule has 0 heterocycles. The number of hydrogen-bond acceptors (Lipinski definition) is 8. The summed E-state index contributed by atoms with van der Waals surface area (Å²) in [6, 6.07) is -2.93. The van der Waals surface area contributed by atoms with Crippen molar-refractivity contribution < 1.29 is 65.8 Å². The van der Waals surface area contributed by atoms with Crippen LogP contribution in [0.25, 0.3) is 0 Å². The molecule has 0 unspecified atom stereocenters. The van der Waals surface area contributed by atoms with Crippen molar-refractivity contribution in [3.8, 4) is 0 Å². The average molecular weight is 448 g/mol. The molecule has 0 amide bonds. The van der Waals surface area contributed by atoms with Crippen LogP contribution in [0.3, 0.4) is 0 Å². The average Bonchev–Trinajstić information content (AvgIpc) is 2.40. The number of nitrogens with two attached hydrogens (primary N) is 4. The molecule has 13 heteroatoms. The van der Waals surface area contributed by atoms with Crippen LogP contribution >= 0.6 is 0 Å². The van der Waals surface area contributed by atoms with Gasteiger partial charge in [0.05, 0.1) is 0 Å². The van der Waals surface area contributed by atoms with Crippen LogP contribution in [0.2, 0.25) is 0 Å². The molecular formula is C12H28N4O8Zr. The summed E-state index contributed by atoms with van der Waals surface area (Å²) in [5.41, 5.74) is 19.3. The van der Waals surface area contributed by atoms with Gasteiger partial charge in [-0.05, 0) is 27.7 Å². The van der Waals surface area contributed by atoms with E-state index in [-0.39, 0.29) is 26.2 Å². The van der Waals surface area contributed by atoms with Gasteiger partial charge in [0.2, 0.25) is 0 Å². The van der Waals surface area contributed by atoms with E-state index in [1.54, 1.807) is 0 Å². The third-order valence-electron chi connectivity index (χ3n) is 1.56. The number of carboxylic acid groups (broad SMARTS) is 4. The monoisotopic (exact) mass is 446 g/mol. The Hall–Kier alpha value is -1.40. The summed E-state index contributed by atoms with van der Waals surface area (Å²) in [4.78, 5) is 38.3. The Bertz CT molecular complexity index is 317. The molecule has 4 atom stereocenters. The van der Waals surface area contributed by atoms with E-state index in [2.05, 4.69) is 0 Å². The Morgan fingerprint density at radius 1 is 0.520 bits per heavy atom. The summed E-state index contributed by atoms with van der Waals surface area (Å²) < 4.78 is 0. The van der Waals surface area contributed by atoms with Crippen LogP contribution in [0.15, 0.2) is 0 Å². The number of aliphatic carboxylic acids is 4. The predicted molar refractivity (Wildman–Crippen MR) is 85.1 cm³/mol. The second-order valence-corrected chi connectivity index (χ2v) is 4.51. The molecule has 0 saturated carbocycles. The molecule has 12 N–H and O–H groups in total. The van der Waals surface area contributed by atoms with Crippen molar-refractivity contribution >= 4 is 23.9 Å². The van der Waals surface area contributed by atoms with E-state index in [0.29, 0.717) is 0 Å². The molecule has 0 aliphatic carbocycles. The Morgan fingerprint density at radius 2 is 0.560 bits per heavy atom. The molecule has 0 aromatic carbocycles. The van der Waals surface area contributed by atoms with Crippen molar-refractivity contribution in [1.82, 2.24) is 0 Å². The summed E-state index contributed by atoms with van der Waals surface area (Å²) in [5.74, 6) is -3.85. The number of hydrogen-bond donors (Lipinski definition) is 8. The summed E-state index contributed by atoms with van der Waals surface area (Å²) in [5, 5.41) is 31.5. The van der Waals surface area contributed by atoms with E-state index in [9.17, 15) is 19.2 Å². The molecule has 0 rings (SSSR count). The normalized spacial score (nSPS) is 13.1. The molecule has 12 nitrogen and oxygen atoms in total. The summed E-state index contributed by atoms with van der Waals surface area (Å²) in [6.45, 7) is 5.68. The smallest absolute Gasteiger partial charge is 0.320 e. The molecule has 0 fully saturated rings. The van der Waals surface area contributed by atoms with Crippen LogP contribution in [0.5, 0.6) is 0 Å². The fraction of sp³-hybridized carbons (Fsp3) is 0.667. The van der Waals surface area contributed by atoms with Crippen LogP contribution in [-0.4, -0.2) is 68.5 Å². The standard InChI is InChI=1S/4C3H7NO2.Zr/c4*1-2(4)3(5)6;/h4*2H,4H2,1H3,(H,5,6);/t4*2-;/m0000./s1. The molecular weight excluding hydrogens is 419 g/mol. The van der Waals surface area contributed by atoms with Crippen molar-refractivity contribution in [3.05, 3.63) is 0 Å². The molecule has 0 aromatic heterocycles. The molecule has 0 saturated heterocycles. The molecule has 148 valence electrons. The first kappa shape index (κ1) is 34.8. The zero-order valence-electron chi connectivity index (χ0n) is 14.5. The van der Waals surface area contributed by atoms with Gasteiger partial charge in [-0.25, -0.2) is 0 Å². The Morgan fingerprint density at radius 3 is 0.560 bits per heavy atom. The fourth-order valence-corrected chi connectivity index (χ4v) is 0. The summed E-state index contributed by atoms with van der Waals surface area (Å²) in [6.07, 6.45) is 0. The van der Waals surface area contributed by atoms with E-state index in [4.69, 9.17) is 43.4 Å². The van der Waals surface area contributed by atoms with E-state index in [1.807, 2.05) is 0 Å². The van der Waals surface area contributed by atoms with E-state index in [1.165, 1.54) is 27.7 Å². The predicted octanol–water partition coefficient (Wildman–Crippen LogP) is -2.33. The molecule has 25 heavy (non-hydrogen) atoms. The van der Waals surface area contributed by atoms with Gasteiger partial charge in [-0.2, -0.15) is 0 Å². The van der Waals surface area contributed by atoms with Crippen LogP contribution in [0.1, 0.15) is 27.7 Å². The second kappa shape index (κ2) is 20.6. The van der Waals surface area contributed by atoms with Crippen molar-refractivity contribution in [2.24, 2.45) is 22.9 Å². The number of carboxylic acids is 4. The first-order valence-electron chi connectivity index (χ1n) is 6.51. The quantitative estimate of drug-likeness (QED) is 0.226. The van der Waals surface area contributed by atoms with Gasteiger partial charge < -0.3 is 43.4 Å². The zero-order valence-corrected chi connectivity index (χ0v) is 17.0. The van der Waals surface area contributed by atoms with Gasteiger partial charge in [0.15, 0.2) is 0 Å². The Kier molecular flexibility index (Phi) is 28.8. The first-order chi connectivity index (χ1) is 10.6. The molecule has 0 bridgehead atoms. The topological polar surface area (TPSA) is 253 Å². The van der Waals surface area contributed by atoms with Crippen molar-refractivity contribution in [2.45, 2.75) is 51.9 Å². The summed E-state index contributed by atoms with van der Waals surface area (Å²) >= 11 is 0. The largest absolute Gasteiger partial charge is 0.480 e. The van der Waals surface area contributed by atoms with Crippen LogP contribution < -0.4 is 22.9 Å². The molecule has 0 aromatic rings. The van der Waals surface area contributed by atoms with Crippen molar-refractivity contribution in [2.75, 3.05) is 0 Å². The first-order valence-corrected chi connectivity index (χ1v) is 6.51. The van der Waals surface area contributed by atoms with Crippen LogP contribution in [0, 0.1) is 0 Å². The minimum absolute atomic E-state index is 0. The molecule has 0 radical (unpaired) electrons. The van der Waals surface area contributed by atoms with Gasteiger partial charge >= 0.3 is 23.9 Å². The van der Waals surface area contributed by atoms with Gasteiger partial charge in [-0.3, -0.25) is 19.2 Å². The number of carbonyl (C=O) groups is 4. The van der Waals surface area contributed by atoms with Gasteiger partial charge in [-0.15, -0.1) is 0 Å². The van der Waals surface area contributed by atoms with Crippen molar-refractivity contribution in [1.29, 1.82) is 0 Å². The maximum Gasteiger partial charge on any atom is 0.320 e. The minimum atomic E-state index is -0.963. The molecule has 0 aliphatic rings. The van der Waals surface area contributed by atoms with Gasteiger partial charge in [-0.1, -0.05) is 0 Å². The summed E-state index contributed by atoms with van der Waals surface area (Å²) in [7, 11) is 0. The number of rotatable bonds is 4. The van der Waals surface area contributed by atoms with Gasteiger partial charge in [0.25, 0.3) is 0 Å². The van der Waals surface area contributed by atoms with E-state index < -0.39 is 48.0 Å².